The van der Waals surface area contributed by atoms with Crippen molar-refractivity contribution >= 4 is 35.4 Å². The first-order chi connectivity index (χ1) is 16.0. The lowest BCUT2D eigenvalue weighted by Gasteiger charge is -2.23. The van der Waals surface area contributed by atoms with Gasteiger partial charge in [0.15, 0.2) is 0 Å². The van der Waals surface area contributed by atoms with Crippen LogP contribution in [0.25, 0.3) is 0 Å². The third kappa shape index (κ3) is 5.11. The Hall–Kier alpha value is -3.53. The Morgan fingerprint density at radius 3 is 2.73 bits per heavy atom. The highest BCUT2D eigenvalue weighted by atomic mass is 16.5. The van der Waals surface area contributed by atoms with Gasteiger partial charge < -0.3 is 20.3 Å². The van der Waals surface area contributed by atoms with Crippen LogP contribution in [0.3, 0.4) is 0 Å². The van der Waals surface area contributed by atoms with Crippen LogP contribution in [0.1, 0.15) is 29.9 Å². The smallest absolute Gasteiger partial charge is 0.238 e. The first kappa shape index (κ1) is 22.7. The molecular formula is C23H29N7O3. The number of likely N-dealkylation sites (N-methyl/N-ethyl adjacent to an activating group) is 2. The van der Waals surface area contributed by atoms with Crippen LogP contribution in [-0.4, -0.2) is 78.6 Å². The van der Waals surface area contributed by atoms with Crippen LogP contribution in [-0.2, 0) is 16.1 Å². The zero-order valence-corrected chi connectivity index (χ0v) is 19.2. The molecule has 2 aliphatic rings. The maximum absolute atomic E-state index is 12.6. The van der Waals surface area contributed by atoms with Crippen molar-refractivity contribution in [1.29, 1.82) is 0 Å². The SMILES string of the molecule is COc1ccc2cc1CN(C)CC(=O)N(C)CCCCNc1ncnc3c1C(C=N2)C(=O)N3. The van der Waals surface area contributed by atoms with Gasteiger partial charge in [0.25, 0.3) is 0 Å². The molecule has 3 heterocycles. The minimum atomic E-state index is -0.584. The van der Waals surface area contributed by atoms with E-state index in [-0.39, 0.29) is 11.8 Å². The van der Waals surface area contributed by atoms with Crippen LogP contribution in [0.5, 0.6) is 5.75 Å². The molecule has 2 aromatic rings. The van der Waals surface area contributed by atoms with Gasteiger partial charge in [-0.1, -0.05) is 0 Å². The van der Waals surface area contributed by atoms with Crippen molar-refractivity contribution in [3.63, 3.8) is 0 Å². The minimum absolute atomic E-state index is 0.0702. The molecule has 33 heavy (non-hydrogen) atoms. The molecule has 4 rings (SSSR count). The maximum atomic E-state index is 12.6. The van der Waals surface area contributed by atoms with Gasteiger partial charge in [-0.3, -0.25) is 19.5 Å². The molecule has 0 saturated carbocycles. The van der Waals surface area contributed by atoms with E-state index in [2.05, 4.69) is 25.6 Å². The van der Waals surface area contributed by atoms with E-state index in [9.17, 15) is 9.59 Å². The average molecular weight is 452 g/mol. The molecule has 0 aliphatic carbocycles. The Kier molecular flexibility index (Phi) is 6.83. The lowest BCUT2D eigenvalue weighted by atomic mass is 10.0. The van der Waals surface area contributed by atoms with Crippen LogP contribution in [0.4, 0.5) is 17.3 Å². The summed E-state index contributed by atoms with van der Waals surface area (Å²) in [6, 6.07) is 5.60. The number of benzene rings is 1. The predicted octanol–water partition coefficient (Wildman–Crippen LogP) is 2.02. The van der Waals surface area contributed by atoms with E-state index >= 15 is 0 Å². The first-order valence-corrected chi connectivity index (χ1v) is 11.0. The highest BCUT2D eigenvalue weighted by Gasteiger charge is 2.33. The second kappa shape index (κ2) is 9.95. The topological polar surface area (TPSA) is 112 Å². The summed E-state index contributed by atoms with van der Waals surface area (Å²) in [6.07, 6.45) is 4.77. The zero-order valence-electron chi connectivity index (χ0n) is 19.2. The van der Waals surface area contributed by atoms with E-state index < -0.39 is 5.92 Å². The van der Waals surface area contributed by atoms with E-state index in [1.165, 1.54) is 6.33 Å². The van der Waals surface area contributed by atoms with Crippen molar-refractivity contribution in [1.82, 2.24) is 19.8 Å². The van der Waals surface area contributed by atoms with Crippen molar-refractivity contribution in [2.75, 3.05) is 51.5 Å². The van der Waals surface area contributed by atoms with Gasteiger partial charge in [0, 0.05) is 38.5 Å². The zero-order chi connectivity index (χ0) is 23.4. The standard InChI is InChI=1S/C23H29N7O3/c1-29-12-15-10-16(6-7-18(15)33-3)25-11-17-20-21(26-14-27-22(20)28-23(17)32)24-8-4-5-9-30(2)19(31)13-29/h6-7,10-11,14,17H,4-5,8-9,12-13H2,1-3H3,(H2,24,26,27,28,32). The van der Waals surface area contributed by atoms with Crippen LogP contribution >= 0.6 is 0 Å². The number of hydrogen-bond donors (Lipinski definition) is 2. The number of carbonyl (C=O) groups is 2. The molecule has 0 fully saturated rings. The molecule has 1 unspecified atom stereocenters. The fourth-order valence-electron chi connectivity index (χ4n) is 4.03. The molecule has 1 aromatic heterocycles. The number of nitrogens with one attached hydrogen (secondary N) is 2. The van der Waals surface area contributed by atoms with E-state index in [1.54, 1.807) is 18.2 Å². The first-order valence-electron chi connectivity index (χ1n) is 11.0. The van der Waals surface area contributed by atoms with Gasteiger partial charge in [-0.2, -0.15) is 0 Å². The molecule has 10 heteroatoms. The van der Waals surface area contributed by atoms with Crippen molar-refractivity contribution < 1.29 is 14.3 Å². The molecule has 2 bridgehead atoms. The third-order valence-electron chi connectivity index (χ3n) is 5.84. The Morgan fingerprint density at radius 2 is 1.91 bits per heavy atom. The molecule has 174 valence electrons. The number of nitrogens with zero attached hydrogens (tertiary/aromatic N) is 5. The van der Waals surface area contributed by atoms with E-state index in [0.29, 0.717) is 49.1 Å². The molecule has 0 radical (unpaired) electrons. The molecule has 1 aromatic carbocycles. The maximum Gasteiger partial charge on any atom is 0.238 e. The van der Waals surface area contributed by atoms with Crippen molar-refractivity contribution in [2.45, 2.75) is 25.3 Å². The number of rotatable bonds is 1. The molecule has 10 nitrogen and oxygen atoms in total. The number of hydrogen-bond acceptors (Lipinski definition) is 8. The molecule has 0 saturated heterocycles. The molecular weight excluding hydrogens is 422 g/mol. The van der Waals surface area contributed by atoms with Gasteiger partial charge in [0.2, 0.25) is 11.8 Å². The Balaban J connectivity index is 1.69. The minimum Gasteiger partial charge on any atom is -0.496 e. The highest BCUT2D eigenvalue weighted by Crippen LogP contribution is 2.35. The lowest BCUT2D eigenvalue weighted by Crippen LogP contribution is -2.37. The molecule has 2 N–H and O–H groups in total. The quantitative estimate of drug-likeness (QED) is 0.682. The van der Waals surface area contributed by atoms with Gasteiger partial charge in [-0.25, -0.2) is 9.97 Å². The number of fused-ring (bicyclic) bond motifs is 2. The van der Waals surface area contributed by atoms with Gasteiger partial charge in [0.1, 0.15) is 29.6 Å². The van der Waals surface area contributed by atoms with Crippen LogP contribution in [0.15, 0.2) is 29.5 Å². The number of aromatic nitrogens is 2. The fourth-order valence-corrected chi connectivity index (χ4v) is 4.03. The summed E-state index contributed by atoms with van der Waals surface area (Å²) < 4.78 is 5.51. The summed E-state index contributed by atoms with van der Waals surface area (Å²) in [7, 11) is 5.36. The van der Waals surface area contributed by atoms with Gasteiger partial charge in [-0.15, -0.1) is 0 Å². The summed E-state index contributed by atoms with van der Waals surface area (Å²) in [5, 5.41) is 6.14. The number of anilines is 2. The Morgan fingerprint density at radius 1 is 1.09 bits per heavy atom. The molecule has 2 aliphatic heterocycles. The average Bonchev–Trinajstić information content (AvgIpc) is 3.12. The van der Waals surface area contributed by atoms with Gasteiger partial charge >= 0.3 is 0 Å². The second-order valence-electron chi connectivity index (χ2n) is 8.35. The van der Waals surface area contributed by atoms with Crippen molar-refractivity contribution in [3.8, 4) is 5.75 Å². The van der Waals surface area contributed by atoms with Crippen LogP contribution in [0, 0.1) is 0 Å². The van der Waals surface area contributed by atoms with Gasteiger partial charge in [0.05, 0.1) is 24.9 Å². The summed E-state index contributed by atoms with van der Waals surface area (Å²) >= 11 is 0. The molecule has 1 atom stereocenters. The second-order valence-corrected chi connectivity index (χ2v) is 8.35. The summed E-state index contributed by atoms with van der Waals surface area (Å²) in [5.74, 6) is 1.16. The molecule has 0 spiro atoms. The van der Waals surface area contributed by atoms with Crippen LogP contribution in [0.2, 0.25) is 0 Å². The summed E-state index contributed by atoms with van der Waals surface area (Å²) in [6.45, 7) is 2.18. The predicted molar refractivity (Wildman–Crippen MR) is 126 cm³/mol. The van der Waals surface area contributed by atoms with Crippen molar-refractivity contribution in [3.05, 3.63) is 35.7 Å². The fraction of sp³-hybridized carbons (Fsp3) is 0.435. The van der Waals surface area contributed by atoms with E-state index in [1.807, 2.05) is 37.2 Å². The van der Waals surface area contributed by atoms with Crippen molar-refractivity contribution in [2.24, 2.45) is 4.99 Å². The number of amides is 2. The number of aliphatic imine (C=N–C) groups is 1. The summed E-state index contributed by atoms with van der Waals surface area (Å²) in [4.78, 5) is 42.2. The largest absolute Gasteiger partial charge is 0.496 e. The summed E-state index contributed by atoms with van der Waals surface area (Å²) in [5.41, 5.74) is 2.30. The Bertz CT molecular complexity index is 1070. The van der Waals surface area contributed by atoms with Gasteiger partial charge in [-0.05, 0) is 38.1 Å². The van der Waals surface area contributed by atoms with E-state index in [4.69, 9.17) is 4.74 Å². The third-order valence-corrected chi connectivity index (χ3v) is 5.84. The Labute approximate surface area is 193 Å². The highest BCUT2D eigenvalue weighted by molar-refractivity contribution is 6.13. The van der Waals surface area contributed by atoms with E-state index in [0.717, 1.165) is 24.2 Å². The molecule has 2 amide bonds. The van der Waals surface area contributed by atoms with Crippen LogP contribution < -0.4 is 15.4 Å². The normalized spacial score (nSPS) is 19.8. The lowest BCUT2D eigenvalue weighted by molar-refractivity contribution is -0.131. The monoisotopic (exact) mass is 451 g/mol. The number of ether oxygens (including phenoxy) is 1. The number of methoxy groups -OCH3 is 1. The number of carbonyl (C=O) groups excluding carboxylic acids is 2.